The van der Waals surface area contributed by atoms with Crippen molar-refractivity contribution >= 4 is 21.7 Å². The summed E-state index contributed by atoms with van der Waals surface area (Å²) in [6.07, 6.45) is 0.825. The van der Waals surface area contributed by atoms with Crippen LogP contribution in [0.4, 0.5) is 0 Å². The summed E-state index contributed by atoms with van der Waals surface area (Å²) in [5.41, 5.74) is 0.706. The van der Waals surface area contributed by atoms with Gasteiger partial charge in [0.25, 0.3) is 0 Å². The minimum atomic E-state index is 0.706. The highest BCUT2D eigenvalue weighted by Crippen LogP contribution is 1.89. The second-order valence-corrected chi connectivity index (χ2v) is 2.32. The molecule has 0 saturated carbocycles. The maximum Gasteiger partial charge on any atom is 0.150 e. The van der Waals surface area contributed by atoms with Crippen molar-refractivity contribution in [1.82, 2.24) is 0 Å². The van der Waals surface area contributed by atoms with E-state index in [9.17, 15) is 4.79 Å². The Hall–Kier alpha value is -0.893. The van der Waals surface area contributed by atoms with Crippen LogP contribution in [0, 0.1) is 0 Å². The summed E-state index contributed by atoms with van der Waals surface area (Å²) in [5, 5.41) is 0.987. The van der Waals surface area contributed by atoms with Gasteiger partial charge in [0.05, 0.1) is 10.2 Å². The predicted octanol–water partition coefficient (Wildman–Crippen LogP) is 0.293. The number of carbonyl (C=O) groups is 1. The Kier molecular flexibility index (Phi) is 1.80. The summed E-state index contributed by atoms with van der Waals surface area (Å²) in [5.74, 6) is 0. The summed E-state index contributed by atoms with van der Waals surface area (Å²) < 4.78 is 0. The summed E-state index contributed by atoms with van der Waals surface area (Å²) >= 11 is 0. The number of rotatable bonds is 1. The molecule has 3 radical (unpaired) electrons. The molecule has 0 aromatic heterocycles. The third-order valence-electron chi connectivity index (χ3n) is 1.05. The van der Waals surface area contributed by atoms with Gasteiger partial charge in [0.2, 0.25) is 0 Å². The Morgan fingerprint density at radius 2 is 1.78 bits per heavy atom. The zero-order chi connectivity index (χ0) is 6.69. The van der Waals surface area contributed by atoms with E-state index >= 15 is 0 Å². The van der Waals surface area contributed by atoms with Crippen molar-refractivity contribution in [2.45, 2.75) is 0 Å². The molecule has 0 heterocycles. The van der Waals surface area contributed by atoms with E-state index in [4.69, 9.17) is 0 Å². The van der Waals surface area contributed by atoms with Crippen LogP contribution in [-0.2, 0) is 0 Å². The summed E-state index contributed by atoms with van der Waals surface area (Å²) in [6.45, 7) is 0. The summed E-state index contributed by atoms with van der Waals surface area (Å²) in [6, 6.07) is 7.19. The van der Waals surface area contributed by atoms with Crippen molar-refractivity contribution in [3.05, 3.63) is 29.8 Å². The molecule has 1 aromatic carbocycles. The lowest BCUT2D eigenvalue weighted by atomic mass is 10.2. The van der Waals surface area contributed by atoms with E-state index in [-0.39, 0.29) is 0 Å². The van der Waals surface area contributed by atoms with Crippen molar-refractivity contribution in [3.63, 3.8) is 0 Å². The highest BCUT2D eigenvalue weighted by atomic mass is 28.1. The minimum Gasteiger partial charge on any atom is -0.298 e. The first-order chi connectivity index (χ1) is 4.33. The SMILES string of the molecule is O=Cc1ccc([Si])cc1. The Bertz CT molecular complexity index is 203. The molecule has 9 heavy (non-hydrogen) atoms. The fourth-order valence-electron chi connectivity index (χ4n) is 0.562. The average Bonchev–Trinajstić information content (AvgIpc) is 1.90. The number of aldehydes is 1. The fraction of sp³-hybridized carbons (Fsp3) is 0. The van der Waals surface area contributed by atoms with Crippen molar-refractivity contribution < 1.29 is 4.79 Å². The van der Waals surface area contributed by atoms with E-state index in [1.165, 1.54) is 0 Å². The first kappa shape index (κ1) is 6.23. The predicted molar refractivity (Wildman–Crippen MR) is 37.2 cm³/mol. The topological polar surface area (TPSA) is 17.1 Å². The van der Waals surface area contributed by atoms with Gasteiger partial charge in [0.1, 0.15) is 6.29 Å². The normalized spacial score (nSPS) is 9.00. The minimum absolute atomic E-state index is 0.706. The van der Waals surface area contributed by atoms with E-state index < -0.39 is 0 Å². The van der Waals surface area contributed by atoms with Crippen LogP contribution in [0.1, 0.15) is 10.4 Å². The van der Waals surface area contributed by atoms with Crippen LogP contribution >= 0.6 is 0 Å². The second-order valence-electron chi connectivity index (χ2n) is 1.74. The van der Waals surface area contributed by atoms with Crippen molar-refractivity contribution in [2.75, 3.05) is 0 Å². The van der Waals surface area contributed by atoms with Gasteiger partial charge in [-0.3, -0.25) is 4.79 Å². The molecule has 0 saturated heterocycles. The standard InChI is InChI=1S/C7H5OSi/c8-5-6-1-3-7(9)4-2-6/h1-5H. The van der Waals surface area contributed by atoms with E-state index in [1.54, 1.807) is 12.1 Å². The highest BCUT2D eigenvalue weighted by Gasteiger charge is 1.85. The van der Waals surface area contributed by atoms with Gasteiger partial charge < -0.3 is 0 Å². The Balaban J connectivity index is 3.01. The summed E-state index contributed by atoms with van der Waals surface area (Å²) in [7, 11) is 3.31. The second kappa shape index (κ2) is 2.59. The lowest BCUT2D eigenvalue weighted by Crippen LogP contribution is -1.99. The third kappa shape index (κ3) is 1.50. The Morgan fingerprint density at radius 1 is 1.22 bits per heavy atom. The molecule has 1 nitrogen and oxygen atoms in total. The van der Waals surface area contributed by atoms with E-state index in [1.807, 2.05) is 12.1 Å². The van der Waals surface area contributed by atoms with Crippen molar-refractivity contribution in [3.8, 4) is 0 Å². The molecule has 1 aromatic rings. The largest absolute Gasteiger partial charge is 0.298 e. The molecule has 0 aliphatic rings. The van der Waals surface area contributed by atoms with Crippen LogP contribution in [-0.4, -0.2) is 16.5 Å². The van der Waals surface area contributed by atoms with Crippen molar-refractivity contribution in [1.29, 1.82) is 0 Å². The van der Waals surface area contributed by atoms with Crippen LogP contribution in [0.2, 0.25) is 0 Å². The maximum absolute atomic E-state index is 10.1. The van der Waals surface area contributed by atoms with Gasteiger partial charge in [0, 0.05) is 5.56 Å². The van der Waals surface area contributed by atoms with Crippen LogP contribution < -0.4 is 5.19 Å². The number of hydrogen-bond acceptors (Lipinski definition) is 1. The molecule has 0 bridgehead atoms. The van der Waals surface area contributed by atoms with Gasteiger partial charge in [-0.1, -0.05) is 29.5 Å². The number of carbonyl (C=O) groups excluding carboxylic acids is 1. The van der Waals surface area contributed by atoms with Crippen LogP contribution in [0.15, 0.2) is 24.3 Å². The van der Waals surface area contributed by atoms with Gasteiger partial charge in [0.15, 0.2) is 0 Å². The monoisotopic (exact) mass is 133 g/mol. The van der Waals surface area contributed by atoms with Crippen LogP contribution in [0.25, 0.3) is 0 Å². The Labute approximate surface area is 57.1 Å². The molecule has 43 valence electrons. The average molecular weight is 133 g/mol. The molecular formula is C7H5OSi. The number of benzene rings is 1. The highest BCUT2D eigenvalue weighted by molar-refractivity contribution is 6.32. The zero-order valence-corrected chi connectivity index (χ0v) is 5.79. The molecule has 0 atom stereocenters. The lowest BCUT2D eigenvalue weighted by molar-refractivity contribution is 0.112. The molecule has 0 aliphatic carbocycles. The zero-order valence-electron chi connectivity index (χ0n) is 4.79. The molecule has 0 spiro atoms. The molecule has 0 fully saturated rings. The van der Waals surface area contributed by atoms with Crippen LogP contribution in [0.3, 0.4) is 0 Å². The van der Waals surface area contributed by atoms with Gasteiger partial charge in [-0.25, -0.2) is 0 Å². The first-order valence-corrected chi connectivity index (χ1v) is 3.10. The number of hydrogen-bond donors (Lipinski definition) is 0. The molecule has 0 amide bonds. The maximum atomic E-state index is 10.1. The van der Waals surface area contributed by atoms with Gasteiger partial charge >= 0.3 is 0 Å². The molecule has 2 heteroatoms. The fourth-order valence-corrected chi connectivity index (χ4v) is 0.728. The van der Waals surface area contributed by atoms with Crippen molar-refractivity contribution in [2.24, 2.45) is 0 Å². The third-order valence-corrected chi connectivity index (χ3v) is 1.38. The molecule has 0 N–H and O–H groups in total. The Morgan fingerprint density at radius 3 is 2.22 bits per heavy atom. The van der Waals surface area contributed by atoms with Gasteiger partial charge in [-0.15, -0.1) is 0 Å². The smallest absolute Gasteiger partial charge is 0.150 e. The molecule has 0 unspecified atom stereocenters. The van der Waals surface area contributed by atoms with Crippen LogP contribution in [0.5, 0.6) is 0 Å². The van der Waals surface area contributed by atoms with Gasteiger partial charge in [-0.05, 0) is 0 Å². The first-order valence-electron chi connectivity index (χ1n) is 2.60. The molecular weight excluding hydrogens is 128 g/mol. The summed E-state index contributed by atoms with van der Waals surface area (Å²) in [4.78, 5) is 10.1. The van der Waals surface area contributed by atoms with E-state index in [0.29, 0.717) is 5.56 Å². The molecule has 0 aliphatic heterocycles. The quantitative estimate of drug-likeness (QED) is 0.397. The lowest BCUT2D eigenvalue weighted by Gasteiger charge is -1.89. The van der Waals surface area contributed by atoms with Gasteiger partial charge in [-0.2, -0.15) is 0 Å². The van der Waals surface area contributed by atoms with E-state index in [0.717, 1.165) is 11.5 Å². The van der Waals surface area contributed by atoms with E-state index in [2.05, 4.69) is 10.2 Å². The molecule has 1 rings (SSSR count).